The van der Waals surface area contributed by atoms with Crippen LogP contribution in [0, 0.1) is 0 Å². The number of isocyanates is 2. The molecule has 0 N–H and O–H groups in total. The van der Waals surface area contributed by atoms with Crippen LogP contribution in [0.3, 0.4) is 0 Å². The van der Waals surface area contributed by atoms with E-state index in [0.717, 1.165) is 0 Å². The van der Waals surface area contributed by atoms with E-state index in [1.807, 2.05) is 18.2 Å². The molecule has 1 aromatic rings. The minimum atomic E-state index is -0.348. The van der Waals surface area contributed by atoms with Crippen LogP contribution < -0.4 is 9.47 Å². The lowest BCUT2D eigenvalue weighted by molar-refractivity contribution is 0.423. The van der Waals surface area contributed by atoms with Crippen LogP contribution in [0.15, 0.2) is 107 Å². The second-order valence-electron chi connectivity index (χ2n) is 5.73. The maximum absolute atomic E-state index is 10.4. The van der Waals surface area contributed by atoms with Crippen molar-refractivity contribution in [3.05, 3.63) is 96.5 Å². The second kappa shape index (κ2) is 9.64. The summed E-state index contributed by atoms with van der Waals surface area (Å²) >= 11 is 0. The number of aliphatic imine (C=N–C) groups is 2. The lowest BCUT2D eigenvalue weighted by atomic mass is 10.3. The SMILES string of the molecule is O=C=NC1C=CC=C(Oc2cccc(OC3=CC=CC(N=C=O)C=C3)c2)C=C1. The molecular formula is C22H16N2O4. The van der Waals surface area contributed by atoms with Gasteiger partial charge in [-0.1, -0.05) is 42.5 Å². The molecule has 0 aromatic heterocycles. The molecule has 0 bridgehead atoms. The Balaban J connectivity index is 1.68. The summed E-state index contributed by atoms with van der Waals surface area (Å²) in [6.45, 7) is 0. The molecule has 2 aliphatic carbocycles. The first-order chi connectivity index (χ1) is 13.8. The van der Waals surface area contributed by atoms with Crippen LogP contribution in [0.1, 0.15) is 0 Å². The number of carbonyl (C=O) groups excluding carboxylic acids is 2. The third-order valence-corrected chi connectivity index (χ3v) is 3.73. The predicted octanol–water partition coefficient (Wildman–Crippen LogP) is 3.87. The average Bonchev–Trinajstić information content (AvgIpc) is 3.04. The van der Waals surface area contributed by atoms with Gasteiger partial charge in [-0.2, -0.15) is 9.98 Å². The molecule has 0 heterocycles. The molecule has 138 valence electrons. The Morgan fingerprint density at radius 1 is 0.750 bits per heavy atom. The first-order valence-corrected chi connectivity index (χ1v) is 8.50. The largest absolute Gasteiger partial charge is 0.457 e. The van der Waals surface area contributed by atoms with Gasteiger partial charge in [0.15, 0.2) is 0 Å². The highest BCUT2D eigenvalue weighted by molar-refractivity contribution is 5.41. The number of hydrogen-bond acceptors (Lipinski definition) is 6. The molecule has 0 radical (unpaired) electrons. The number of ether oxygens (including phenoxy) is 2. The number of benzene rings is 1. The van der Waals surface area contributed by atoms with Gasteiger partial charge in [0.1, 0.15) is 23.0 Å². The number of allylic oxidation sites excluding steroid dienone is 6. The van der Waals surface area contributed by atoms with Crippen molar-refractivity contribution in [1.29, 1.82) is 0 Å². The van der Waals surface area contributed by atoms with Crippen molar-refractivity contribution in [2.75, 3.05) is 0 Å². The molecule has 0 aliphatic heterocycles. The summed E-state index contributed by atoms with van der Waals surface area (Å²) in [4.78, 5) is 28.1. The number of rotatable bonds is 6. The Hall–Kier alpha value is -3.98. The Bertz CT molecular complexity index is 924. The molecule has 6 heteroatoms. The van der Waals surface area contributed by atoms with E-state index in [4.69, 9.17) is 9.47 Å². The molecular weight excluding hydrogens is 356 g/mol. The maximum Gasteiger partial charge on any atom is 0.235 e. The summed E-state index contributed by atoms with van der Waals surface area (Å²) in [6.07, 6.45) is 20.7. The first-order valence-electron chi connectivity index (χ1n) is 8.50. The summed E-state index contributed by atoms with van der Waals surface area (Å²) in [5.41, 5.74) is 0. The fraction of sp³-hybridized carbons (Fsp3) is 0.0909. The van der Waals surface area contributed by atoms with Gasteiger partial charge in [-0.3, -0.25) is 0 Å². The van der Waals surface area contributed by atoms with Crippen molar-refractivity contribution in [2.24, 2.45) is 9.98 Å². The molecule has 0 fully saturated rings. The summed E-state index contributed by atoms with van der Waals surface area (Å²) < 4.78 is 11.7. The van der Waals surface area contributed by atoms with E-state index < -0.39 is 0 Å². The minimum Gasteiger partial charge on any atom is -0.457 e. The number of nitrogens with zero attached hydrogens (tertiary/aromatic N) is 2. The Kier molecular flexibility index (Phi) is 6.48. The van der Waals surface area contributed by atoms with Crippen molar-refractivity contribution < 1.29 is 19.1 Å². The van der Waals surface area contributed by atoms with Crippen LogP contribution in [-0.2, 0) is 9.59 Å². The Morgan fingerprint density at radius 2 is 1.25 bits per heavy atom. The van der Waals surface area contributed by atoms with E-state index >= 15 is 0 Å². The maximum atomic E-state index is 10.4. The van der Waals surface area contributed by atoms with Gasteiger partial charge in [-0.15, -0.1) is 0 Å². The second-order valence-corrected chi connectivity index (χ2v) is 5.73. The summed E-state index contributed by atoms with van der Waals surface area (Å²) in [5, 5.41) is 0. The van der Waals surface area contributed by atoms with Crippen molar-refractivity contribution in [2.45, 2.75) is 12.1 Å². The van der Waals surface area contributed by atoms with Crippen LogP contribution in [0.5, 0.6) is 11.5 Å². The van der Waals surface area contributed by atoms with Gasteiger partial charge in [-0.25, -0.2) is 9.59 Å². The Labute approximate surface area is 161 Å². The standard InChI is InChI=1S/C22H16N2O4/c25-15-23-17-4-1-6-19(12-10-17)27-21-8-3-9-22(14-21)28-20-7-2-5-18(11-13-20)24-16-26/h1-14,17-18H. The predicted molar refractivity (Wildman–Crippen MR) is 104 cm³/mol. The fourth-order valence-corrected chi connectivity index (χ4v) is 2.46. The van der Waals surface area contributed by atoms with Crippen LogP contribution >= 0.6 is 0 Å². The van der Waals surface area contributed by atoms with Crippen LogP contribution in [-0.4, -0.2) is 24.2 Å². The quantitative estimate of drug-likeness (QED) is 0.561. The molecule has 6 nitrogen and oxygen atoms in total. The molecule has 0 amide bonds. The summed E-state index contributed by atoms with van der Waals surface area (Å²) in [6, 6.07) is 6.50. The topological polar surface area (TPSA) is 77.3 Å². The zero-order valence-electron chi connectivity index (χ0n) is 14.8. The van der Waals surface area contributed by atoms with E-state index in [-0.39, 0.29) is 12.1 Å². The lowest BCUT2D eigenvalue weighted by Gasteiger charge is -2.09. The highest BCUT2D eigenvalue weighted by atomic mass is 16.5. The van der Waals surface area contributed by atoms with Crippen molar-refractivity contribution in [3.63, 3.8) is 0 Å². The van der Waals surface area contributed by atoms with Gasteiger partial charge in [0.05, 0.1) is 12.1 Å². The monoisotopic (exact) mass is 372 g/mol. The molecule has 2 aliphatic rings. The van der Waals surface area contributed by atoms with E-state index in [1.165, 1.54) is 0 Å². The molecule has 3 rings (SSSR count). The molecule has 1 aromatic carbocycles. The molecule has 28 heavy (non-hydrogen) atoms. The van der Waals surface area contributed by atoms with Crippen molar-refractivity contribution >= 4 is 12.2 Å². The van der Waals surface area contributed by atoms with E-state index in [2.05, 4.69) is 9.98 Å². The third-order valence-electron chi connectivity index (χ3n) is 3.73. The molecule has 0 saturated carbocycles. The summed E-state index contributed by atoms with van der Waals surface area (Å²) in [5.74, 6) is 2.39. The third kappa shape index (κ3) is 5.51. The fourth-order valence-electron chi connectivity index (χ4n) is 2.46. The van der Waals surface area contributed by atoms with Gasteiger partial charge in [-0.05, 0) is 36.4 Å². The van der Waals surface area contributed by atoms with Crippen LogP contribution in [0.2, 0.25) is 0 Å². The van der Waals surface area contributed by atoms with Crippen molar-refractivity contribution in [1.82, 2.24) is 0 Å². The summed E-state index contributed by atoms with van der Waals surface area (Å²) in [7, 11) is 0. The zero-order valence-corrected chi connectivity index (χ0v) is 14.8. The highest BCUT2D eigenvalue weighted by Gasteiger charge is 2.06. The molecule has 0 saturated heterocycles. The van der Waals surface area contributed by atoms with Crippen molar-refractivity contribution in [3.8, 4) is 11.5 Å². The van der Waals surface area contributed by atoms with E-state index in [9.17, 15) is 9.59 Å². The molecule has 2 atom stereocenters. The van der Waals surface area contributed by atoms with Crippen LogP contribution in [0.4, 0.5) is 0 Å². The van der Waals surface area contributed by atoms with Gasteiger partial charge in [0.2, 0.25) is 12.2 Å². The smallest absolute Gasteiger partial charge is 0.235 e. The van der Waals surface area contributed by atoms with E-state index in [1.54, 1.807) is 79.0 Å². The zero-order chi connectivity index (χ0) is 19.6. The highest BCUT2D eigenvalue weighted by Crippen LogP contribution is 2.24. The van der Waals surface area contributed by atoms with E-state index in [0.29, 0.717) is 23.0 Å². The normalized spacial score (nSPS) is 20.0. The first kappa shape index (κ1) is 18.8. The number of hydrogen-bond donors (Lipinski definition) is 0. The Morgan fingerprint density at radius 3 is 1.71 bits per heavy atom. The lowest BCUT2D eigenvalue weighted by Crippen LogP contribution is -1.96. The van der Waals surface area contributed by atoms with Gasteiger partial charge in [0, 0.05) is 6.07 Å². The van der Waals surface area contributed by atoms with Gasteiger partial charge >= 0.3 is 0 Å². The van der Waals surface area contributed by atoms with Gasteiger partial charge < -0.3 is 9.47 Å². The molecule has 2 unspecified atom stereocenters. The van der Waals surface area contributed by atoms with Gasteiger partial charge in [0.25, 0.3) is 0 Å². The minimum absolute atomic E-state index is 0.348. The average molecular weight is 372 g/mol. The van der Waals surface area contributed by atoms with Crippen LogP contribution in [0.25, 0.3) is 0 Å². The molecule has 0 spiro atoms.